The first kappa shape index (κ1) is 15.9. The normalized spacial score (nSPS) is 17.9. The summed E-state index contributed by atoms with van der Waals surface area (Å²) in [6, 6.07) is 1.72. The van der Waals surface area contributed by atoms with Gasteiger partial charge in [-0.1, -0.05) is 11.6 Å². The number of ether oxygens (including phenoxy) is 1. The highest BCUT2D eigenvalue weighted by molar-refractivity contribution is 6.33. The Hall–Kier alpha value is -1.44. The van der Waals surface area contributed by atoms with Crippen LogP contribution >= 0.6 is 11.6 Å². The lowest BCUT2D eigenvalue weighted by atomic mass is 10.2. The molecule has 0 aromatic carbocycles. The molecule has 1 aromatic rings. The summed E-state index contributed by atoms with van der Waals surface area (Å²) in [6.45, 7) is 2.96. The van der Waals surface area contributed by atoms with Crippen LogP contribution in [0.15, 0.2) is 12.3 Å². The Morgan fingerprint density at radius 2 is 2.48 bits per heavy atom. The van der Waals surface area contributed by atoms with Crippen LogP contribution in [0.5, 0.6) is 0 Å². The quantitative estimate of drug-likeness (QED) is 0.611. The first-order valence-corrected chi connectivity index (χ1v) is 7.27. The predicted molar refractivity (Wildman–Crippen MR) is 81.0 cm³/mol. The highest BCUT2D eigenvalue weighted by Crippen LogP contribution is 2.27. The van der Waals surface area contributed by atoms with Gasteiger partial charge in [0, 0.05) is 32.3 Å². The van der Waals surface area contributed by atoms with Gasteiger partial charge in [-0.15, -0.1) is 0 Å². The van der Waals surface area contributed by atoms with Crippen molar-refractivity contribution in [2.24, 2.45) is 0 Å². The molecule has 2 heterocycles. The fraction of sp³-hybridized carbons (Fsp3) is 0.615. The summed E-state index contributed by atoms with van der Waals surface area (Å²) in [5.74, 6) is 0.563. The predicted octanol–water partition coefficient (Wildman–Crippen LogP) is 1.85. The summed E-state index contributed by atoms with van der Waals surface area (Å²) in [5.41, 5.74) is -0.102. The average molecular weight is 315 g/mol. The van der Waals surface area contributed by atoms with E-state index in [2.05, 4.69) is 10.3 Å². The number of aromatic nitrogens is 1. The number of hydrogen-bond donors (Lipinski definition) is 1. The minimum Gasteiger partial charge on any atom is -0.383 e. The molecule has 0 saturated carbocycles. The van der Waals surface area contributed by atoms with E-state index in [-0.39, 0.29) is 5.69 Å². The molecule has 0 amide bonds. The summed E-state index contributed by atoms with van der Waals surface area (Å²) in [6.07, 6.45) is 3.50. The molecule has 7 nitrogen and oxygen atoms in total. The van der Waals surface area contributed by atoms with Crippen molar-refractivity contribution in [2.75, 3.05) is 38.3 Å². The molecule has 0 radical (unpaired) electrons. The molecule has 21 heavy (non-hydrogen) atoms. The van der Waals surface area contributed by atoms with Crippen molar-refractivity contribution < 1.29 is 9.66 Å². The fourth-order valence-electron chi connectivity index (χ4n) is 2.42. The van der Waals surface area contributed by atoms with Gasteiger partial charge in [-0.05, 0) is 19.4 Å². The number of nitro groups is 1. The van der Waals surface area contributed by atoms with Crippen LogP contribution in [0.25, 0.3) is 0 Å². The number of pyridine rings is 1. The van der Waals surface area contributed by atoms with Crippen molar-refractivity contribution in [3.8, 4) is 0 Å². The van der Waals surface area contributed by atoms with Gasteiger partial charge in [0.1, 0.15) is 12.0 Å². The van der Waals surface area contributed by atoms with Gasteiger partial charge in [-0.3, -0.25) is 10.1 Å². The molecule has 1 fully saturated rings. The molecular weight excluding hydrogens is 296 g/mol. The van der Waals surface area contributed by atoms with Gasteiger partial charge in [0.2, 0.25) is 0 Å². The Morgan fingerprint density at radius 1 is 1.67 bits per heavy atom. The smallest absolute Gasteiger partial charge is 0.289 e. The van der Waals surface area contributed by atoms with E-state index in [1.807, 2.05) is 4.90 Å². The van der Waals surface area contributed by atoms with E-state index in [0.717, 1.165) is 25.9 Å². The summed E-state index contributed by atoms with van der Waals surface area (Å²) in [4.78, 5) is 16.4. The monoisotopic (exact) mass is 314 g/mol. The van der Waals surface area contributed by atoms with Crippen LogP contribution in [-0.2, 0) is 4.74 Å². The third-order valence-corrected chi connectivity index (χ3v) is 3.76. The van der Waals surface area contributed by atoms with Gasteiger partial charge >= 0.3 is 0 Å². The molecule has 0 aliphatic carbocycles. The molecule has 1 unspecified atom stereocenters. The Balaban J connectivity index is 2.16. The van der Waals surface area contributed by atoms with Crippen molar-refractivity contribution in [1.29, 1.82) is 0 Å². The maximum atomic E-state index is 10.7. The van der Waals surface area contributed by atoms with Gasteiger partial charge in [0.15, 0.2) is 0 Å². The van der Waals surface area contributed by atoms with Crippen LogP contribution in [0.4, 0.5) is 11.5 Å². The van der Waals surface area contributed by atoms with Gasteiger partial charge in [-0.2, -0.15) is 0 Å². The lowest BCUT2D eigenvalue weighted by Crippen LogP contribution is -2.39. The standard InChI is InChI=1S/C13H19ClN4O3/c1-21-6-5-17(9-10-3-2-4-15-10)13-12(14)7-11(8-16-13)18(19)20/h7-8,10,15H,2-6,9H2,1H3. The van der Waals surface area contributed by atoms with E-state index in [9.17, 15) is 10.1 Å². The topological polar surface area (TPSA) is 80.5 Å². The minimum atomic E-state index is -0.499. The number of halogens is 1. The lowest BCUT2D eigenvalue weighted by Gasteiger charge is -2.27. The van der Waals surface area contributed by atoms with Crippen LogP contribution in [0.2, 0.25) is 5.02 Å². The zero-order chi connectivity index (χ0) is 15.2. The van der Waals surface area contributed by atoms with E-state index in [1.165, 1.54) is 12.3 Å². The van der Waals surface area contributed by atoms with Crippen molar-refractivity contribution in [1.82, 2.24) is 10.3 Å². The molecule has 1 aliphatic rings. The molecule has 1 atom stereocenters. The number of nitrogens with zero attached hydrogens (tertiary/aromatic N) is 3. The number of methoxy groups -OCH3 is 1. The molecular formula is C13H19ClN4O3. The second-order valence-electron chi connectivity index (χ2n) is 4.99. The van der Waals surface area contributed by atoms with Gasteiger partial charge < -0.3 is 15.0 Å². The van der Waals surface area contributed by atoms with Crippen LogP contribution in [0.3, 0.4) is 0 Å². The Morgan fingerprint density at radius 3 is 3.05 bits per heavy atom. The first-order chi connectivity index (χ1) is 10.1. The molecule has 2 rings (SSSR count). The average Bonchev–Trinajstić information content (AvgIpc) is 2.96. The highest BCUT2D eigenvalue weighted by atomic mass is 35.5. The van der Waals surface area contributed by atoms with Gasteiger partial charge in [0.25, 0.3) is 5.69 Å². The second kappa shape index (κ2) is 7.53. The summed E-state index contributed by atoms with van der Waals surface area (Å²) < 4.78 is 5.12. The summed E-state index contributed by atoms with van der Waals surface area (Å²) >= 11 is 6.16. The zero-order valence-corrected chi connectivity index (χ0v) is 12.7. The van der Waals surface area contributed by atoms with Crippen LogP contribution in [0, 0.1) is 10.1 Å². The van der Waals surface area contributed by atoms with E-state index >= 15 is 0 Å². The van der Waals surface area contributed by atoms with Crippen LogP contribution in [0.1, 0.15) is 12.8 Å². The van der Waals surface area contributed by atoms with E-state index < -0.39 is 4.92 Å². The minimum absolute atomic E-state index is 0.102. The largest absolute Gasteiger partial charge is 0.383 e. The number of rotatable bonds is 7. The molecule has 1 aliphatic heterocycles. The van der Waals surface area contributed by atoms with Crippen LogP contribution < -0.4 is 10.2 Å². The molecule has 0 spiro atoms. The third-order valence-electron chi connectivity index (χ3n) is 3.49. The number of hydrogen-bond acceptors (Lipinski definition) is 6. The van der Waals surface area contributed by atoms with Crippen molar-refractivity contribution in [3.05, 3.63) is 27.4 Å². The number of nitrogens with one attached hydrogen (secondary N) is 1. The van der Waals surface area contributed by atoms with Crippen molar-refractivity contribution in [3.63, 3.8) is 0 Å². The SMILES string of the molecule is COCCN(CC1CCCN1)c1ncc([N+](=O)[O-])cc1Cl. The maximum absolute atomic E-state index is 10.7. The van der Waals surface area contributed by atoms with E-state index in [1.54, 1.807) is 7.11 Å². The van der Waals surface area contributed by atoms with Gasteiger partial charge in [-0.25, -0.2) is 4.98 Å². The van der Waals surface area contributed by atoms with E-state index in [0.29, 0.717) is 30.0 Å². The molecule has 116 valence electrons. The Kier molecular flexibility index (Phi) is 5.72. The Labute approximate surface area is 128 Å². The zero-order valence-electron chi connectivity index (χ0n) is 11.9. The lowest BCUT2D eigenvalue weighted by molar-refractivity contribution is -0.385. The van der Waals surface area contributed by atoms with E-state index in [4.69, 9.17) is 16.3 Å². The second-order valence-corrected chi connectivity index (χ2v) is 5.40. The van der Waals surface area contributed by atoms with Gasteiger partial charge in [0.05, 0.1) is 16.6 Å². The van der Waals surface area contributed by atoms with Crippen molar-refractivity contribution >= 4 is 23.1 Å². The summed E-state index contributed by atoms with van der Waals surface area (Å²) in [5, 5.41) is 14.5. The molecule has 1 saturated heterocycles. The molecule has 8 heteroatoms. The molecule has 0 bridgehead atoms. The highest BCUT2D eigenvalue weighted by Gasteiger charge is 2.21. The Bertz CT molecular complexity index is 494. The van der Waals surface area contributed by atoms with Crippen molar-refractivity contribution in [2.45, 2.75) is 18.9 Å². The third kappa shape index (κ3) is 4.26. The summed E-state index contributed by atoms with van der Waals surface area (Å²) in [7, 11) is 1.64. The first-order valence-electron chi connectivity index (χ1n) is 6.89. The maximum Gasteiger partial charge on any atom is 0.289 e. The number of anilines is 1. The van der Waals surface area contributed by atoms with Crippen LogP contribution in [-0.4, -0.2) is 49.3 Å². The molecule has 1 N–H and O–H groups in total. The fourth-order valence-corrected chi connectivity index (χ4v) is 2.70. The molecule has 1 aromatic heterocycles.